The standard InChI is InChI=1S/C18H22FN/c1-3-20-18(13-16-11-7-8-12-17(16)19)14(2)15-9-5-4-6-10-15/h4-12,14,18,20H,3,13H2,1-2H3. The van der Waals surface area contributed by atoms with Crippen LogP contribution in [0.15, 0.2) is 54.6 Å². The van der Waals surface area contributed by atoms with E-state index in [-0.39, 0.29) is 11.9 Å². The van der Waals surface area contributed by atoms with Crippen molar-refractivity contribution in [1.82, 2.24) is 5.32 Å². The number of nitrogens with one attached hydrogen (secondary N) is 1. The molecule has 0 fully saturated rings. The highest BCUT2D eigenvalue weighted by atomic mass is 19.1. The van der Waals surface area contributed by atoms with Crippen LogP contribution in [0.2, 0.25) is 0 Å². The van der Waals surface area contributed by atoms with Crippen molar-refractivity contribution in [2.75, 3.05) is 6.54 Å². The van der Waals surface area contributed by atoms with E-state index in [0.717, 1.165) is 12.1 Å². The van der Waals surface area contributed by atoms with Crippen LogP contribution in [0.3, 0.4) is 0 Å². The molecule has 0 saturated carbocycles. The molecule has 2 aromatic rings. The maximum Gasteiger partial charge on any atom is 0.126 e. The molecule has 0 radical (unpaired) electrons. The average Bonchev–Trinajstić information content (AvgIpc) is 2.49. The fourth-order valence-corrected chi connectivity index (χ4v) is 2.58. The van der Waals surface area contributed by atoms with E-state index < -0.39 is 0 Å². The molecular weight excluding hydrogens is 249 g/mol. The number of halogens is 1. The lowest BCUT2D eigenvalue weighted by Crippen LogP contribution is -2.35. The molecule has 0 saturated heterocycles. The predicted molar refractivity (Wildman–Crippen MR) is 82.4 cm³/mol. The molecule has 0 spiro atoms. The van der Waals surface area contributed by atoms with E-state index in [0.29, 0.717) is 12.3 Å². The van der Waals surface area contributed by atoms with Gasteiger partial charge >= 0.3 is 0 Å². The van der Waals surface area contributed by atoms with Gasteiger partial charge in [-0.15, -0.1) is 0 Å². The molecule has 0 heterocycles. The molecule has 0 aliphatic heterocycles. The number of hydrogen-bond acceptors (Lipinski definition) is 1. The smallest absolute Gasteiger partial charge is 0.126 e. The Morgan fingerprint density at radius 3 is 2.30 bits per heavy atom. The van der Waals surface area contributed by atoms with Crippen LogP contribution in [0.5, 0.6) is 0 Å². The Hall–Kier alpha value is -1.67. The second kappa shape index (κ2) is 7.20. The van der Waals surface area contributed by atoms with E-state index in [1.54, 1.807) is 6.07 Å². The van der Waals surface area contributed by atoms with Crippen LogP contribution in [-0.4, -0.2) is 12.6 Å². The Morgan fingerprint density at radius 2 is 1.65 bits per heavy atom. The van der Waals surface area contributed by atoms with Crippen LogP contribution in [0, 0.1) is 5.82 Å². The number of rotatable bonds is 6. The van der Waals surface area contributed by atoms with Gasteiger partial charge in [0, 0.05) is 6.04 Å². The zero-order valence-electron chi connectivity index (χ0n) is 12.1. The van der Waals surface area contributed by atoms with Crippen molar-refractivity contribution in [1.29, 1.82) is 0 Å². The van der Waals surface area contributed by atoms with E-state index in [1.807, 2.05) is 18.2 Å². The molecule has 0 amide bonds. The molecule has 2 rings (SSSR count). The maximum absolute atomic E-state index is 13.8. The summed E-state index contributed by atoms with van der Waals surface area (Å²) in [5, 5.41) is 3.49. The van der Waals surface area contributed by atoms with E-state index >= 15 is 0 Å². The Bertz CT molecular complexity index is 524. The highest BCUT2D eigenvalue weighted by Crippen LogP contribution is 2.22. The molecule has 1 nitrogen and oxygen atoms in total. The largest absolute Gasteiger partial charge is 0.313 e. The Morgan fingerprint density at radius 1 is 1.00 bits per heavy atom. The van der Waals surface area contributed by atoms with Gasteiger partial charge in [-0.05, 0) is 36.1 Å². The van der Waals surface area contributed by atoms with Crippen molar-refractivity contribution in [3.63, 3.8) is 0 Å². The van der Waals surface area contributed by atoms with Crippen molar-refractivity contribution in [3.05, 3.63) is 71.5 Å². The third kappa shape index (κ3) is 3.67. The van der Waals surface area contributed by atoms with E-state index in [2.05, 4.69) is 43.4 Å². The predicted octanol–water partition coefficient (Wildman–Crippen LogP) is 4.15. The maximum atomic E-state index is 13.8. The van der Waals surface area contributed by atoms with Crippen LogP contribution in [0.25, 0.3) is 0 Å². The summed E-state index contributed by atoms with van der Waals surface area (Å²) in [4.78, 5) is 0. The SMILES string of the molecule is CCNC(Cc1ccccc1F)C(C)c1ccccc1. The number of likely N-dealkylation sites (N-methyl/N-ethyl adjacent to an activating group) is 1. The normalized spacial score (nSPS) is 13.9. The minimum absolute atomic E-state index is 0.115. The fourth-order valence-electron chi connectivity index (χ4n) is 2.58. The second-order valence-corrected chi connectivity index (χ2v) is 5.16. The average molecular weight is 271 g/mol. The van der Waals surface area contributed by atoms with Gasteiger partial charge in [0.2, 0.25) is 0 Å². The monoisotopic (exact) mass is 271 g/mol. The van der Waals surface area contributed by atoms with E-state index in [9.17, 15) is 4.39 Å². The first-order valence-corrected chi connectivity index (χ1v) is 7.24. The van der Waals surface area contributed by atoms with E-state index in [1.165, 1.54) is 11.6 Å². The van der Waals surface area contributed by atoms with E-state index in [4.69, 9.17) is 0 Å². The molecule has 0 bridgehead atoms. The lowest BCUT2D eigenvalue weighted by Gasteiger charge is -2.25. The molecule has 20 heavy (non-hydrogen) atoms. The zero-order chi connectivity index (χ0) is 14.4. The minimum atomic E-state index is -0.115. The summed E-state index contributed by atoms with van der Waals surface area (Å²) in [6.07, 6.45) is 0.705. The van der Waals surface area contributed by atoms with Crippen molar-refractivity contribution in [3.8, 4) is 0 Å². The van der Waals surface area contributed by atoms with Gasteiger partial charge in [-0.25, -0.2) is 4.39 Å². The lowest BCUT2D eigenvalue weighted by atomic mass is 9.89. The Balaban J connectivity index is 2.17. The van der Waals surface area contributed by atoms with Gasteiger partial charge < -0.3 is 5.32 Å². The molecule has 1 N–H and O–H groups in total. The van der Waals surface area contributed by atoms with Crippen LogP contribution >= 0.6 is 0 Å². The molecule has 0 aliphatic carbocycles. The van der Waals surface area contributed by atoms with Gasteiger partial charge in [-0.2, -0.15) is 0 Å². The van der Waals surface area contributed by atoms with Gasteiger partial charge in [-0.3, -0.25) is 0 Å². The van der Waals surface area contributed by atoms with Crippen LogP contribution in [0.4, 0.5) is 4.39 Å². The molecule has 2 unspecified atom stereocenters. The first kappa shape index (κ1) is 14.7. The first-order chi connectivity index (χ1) is 9.72. The highest BCUT2D eigenvalue weighted by molar-refractivity contribution is 5.24. The zero-order valence-corrected chi connectivity index (χ0v) is 12.1. The van der Waals surface area contributed by atoms with Gasteiger partial charge in [0.15, 0.2) is 0 Å². The molecule has 106 valence electrons. The van der Waals surface area contributed by atoms with Crippen LogP contribution in [0.1, 0.15) is 30.9 Å². The third-order valence-corrected chi connectivity index (χ3v) is 3.79. The quantitative estimate of drug-likeness (QED) is 0.832. The minimum Gasteiger partial charge on any atom is -0.313 e. The number of benzene rings is 2. The molecular formula is C18H22FN. The van der Waals surface area contributed by atoms with Crippen molar-refractivity contribution in [2.24, 2.45) is 0 Å². The van der Waals surface area contributed by atoms with Gasteiger partial charge in [0.25, 0.3) is 0 Å². The lowest BCUT2D eigenvalue weighted by molar-refractivity contribution is 0.450. The molecule has 2 atom stereocenters. The summed E-state index contributed by atoms with van der Waals surface area (Å²) in [5.41, 5.74) is 2.07. The second-order valence-electron chi connectivity index (χ2n) is 5.16. The van der Waals surface area contributed by atoms with Crippen molar-refractivity contribution >= 4 is 0 Å². The van der Waals surface area contributed by atoms with Crippen LogP contribution in [-0.2, 0) is 6.42 Å². The molecule has 2 heteroatoms. The summed E-state index contributed by atoms with van der Waals surface area (Å²) < 4.78 is 13.8. The summed E-state index contributed by atoms with van der Waals surface area (Å²) in [6.45, 7) is 5.17. The molecule has 0 aliphatic rings. The van der Waals surface area contributed by atoms with Gasteiger partial charge in [-0.1, -0.05) is 62.4 Å². The first-order valence-electron chi connectivity index (χ1n) is 7.24. The van der Waals surface area contributed by atoms with Crippen molar-refractivity contribution < 1.29 is 4.39 Å². The summed E-state index contributed by atoms with van der Waals surface area (Å²) in [5.74, 6) is 0.228. The molecule has 2 aromatic carbocycles. The van der Waals surface area contributed by atoms with Gasteiger partial charge in [0.05, 0.1) is 0 Å². The number of hydrogen-bond donors (Lipinski definition) is 1. The Kier molecular flexibility index (Phi) is 5.31. The summed E-state index contributed by atoms with van der Waals surface area (Å²) >= 11 is 0. The fraction of sp³-hybridized carbons (Fsp3) is 0.333. The summed E-state index contributed by atoms with van der Waals surface area (Å²) in [6, 6.07) is 17.7. The summed E-state index contributed by atoms with van der Waals surface area (Å²) in [7, 11) is 0. The van der Waals surface area contributed by atoms with Crippen LogP contribution < -0.4 is 5.32 Å². The topological polar surface area (TPSA) is 12.0 Å². The Labute approximate surface area is 120 Å². The highest BCUT2D eigenvalue weighted by Gasteiger charge is 2.19. The molecule has 0 aromatic heterocycles. The van der Waals surface area contributed by atoms with Gasteiger partial charge in [0.1, 0.15) is 5.82 Å². The van der Waals surface area contributed by atoms with Crippen molar-refractivity contribution in [2.45, 2.75) is 32.2 Å². The third-order valence-electron chi connectivity index (χ3n) is 3.79.